The lowest BCUT2D eigenvalue weighted by atomic mass is 9.98. The normalized spacial score (nSPS) is 12.9. The van der Waals surface area contributed by atoms with E-state index in [4.69, 9.17) is 5.73 Å². The Kier molecular flexibility index (Phi) is 4.01. The van der Waals surface area contributed by atoms with Crippen LogP contribution in [-0.2, 0) is 0 Å². The van der Waals surface area contributed by atoms with Crippen LogP contribution in [0.3, 0.4) is 0 Å². The van der Waals surface area contributed by atoms with Crippen molar-refractivity contribution in [2.75, 3.05) is 6.54 Å². The second kappa shape index (κ2) is 4.84. The molecule has 78 valence electrons. The summed E-state index contributed by atoms with van der Waals surface area (Å²) in [6.45, 7) is 2.47. The predicted molar refractivity (Wildman–Crippen MR) is 56.1 cm³/mol. The lowest BCUT2D eigenvalue weighted by Gasteiger charge is -2.12. The van der Waals surface area contributed by atoms with E-state index in [1.54, 1.807) is 0 Å². The van der Waals surface area contributed by atoms with E-state index in [0.717, 1.165) is 18.1 Å². The smallest absolute Gasteiger partial charge is 0.159 e. The second-order valence-electron chi connectivity index (χ2n) is 3.27. The first-order chi connectivity index (χ1) is 6.56. The molecular formula is C10H12BrF2N. The van der Waals surface area contributed by atoms with Crippen LogP contribution >= 0.6 is 15.9 Å². The highest BCUT2D eigenvalue weighted by Crippen LogP contribution is 2.28. The number of halogens is 3. The van der Waals surface area contributed by atoms with E-state index in [1.807, 2.05) is 6.92 Å². The van der Waals surface area contributed by atoms with Crippen molar-refractivity contribution >= 4 is 15.9 Å². The van der Waals surface area contributed by atoms with E-state index in [2.05, 4.69) is 15.9 Å². The fraction of sp³-hybridized carbons (Fsp3) is 0.400. The molecule has 0 amide bonds. The van der Waals surface area contributed by atoms with Gasteiger partial charge >= 0.3 is 0 Å². The van der Waals surface area contributed by atoms with Crippen molar-refractivity contribution in [2.24, 2.45) is 5.73 Å². The Morgan fingerprint density at radius 2 is 1.93 bits per heavy atom. The van der Waals surface area contributed by atoms with E-state index in [9.17, 15) is 8.78 Å². The van der Waals surface area contributed by atoms with Crippen LogP contribution < -0.4 is 5.73 Å². The molecule has 0 heterocycles. The summed E-state index contributed by atoms with van der Waals surface area (Å²) >= 11 is 3.20. The Hall–Kier alpha value is -0.480. The molecule has 1 rings (SSSR count). The monoisotopic (exact) mass is 263 g/mol. The van der Waals surface area contributed by atoms with Gasteiger partial charge in [0.25, 0.3) is 0 Å². The van der Waals surface area contributed by atoms with Crippen LogP contribution in [-0.4, -0.2) is 6.54 Å². The summed E-state index contributed by atoms with van der Waals surface area (Å²) in [5.41, 5.74) is 6.16. The molecule has 1 nitrogen and oxygen atoms in total. The van der Waals surface area contributed by atoms with Crippen LogP contribution in [0.2, 0.25) is 0 Å². The number of hydrogen-bond acceptors (Lipinski definition) is 1. The molecule has 2 N–H and O–H groups in total. The van der Waals surface area contributed by atoms with Gasteiger partial charge in [0.05, 0.1) is 0 Å². The van der Waals surface area contributed by atoms with Crippen LogP contribution in [0.4, 0.5) is 8.78 Å². The summed E-state index contributed by atoms with van der Waals surface area (Å²) in [5.74, 6) is -1.52. The Labute approximate surface area is 90.4 Å². The van der Waals surface area contributed by atoms with Crippen molar-refractivity contribution in [3.63, 3.8) is 0 Å². The third-order valence-corrected chi connectivity index (χ3v) is 2.86. The van der Waals surface area contributed by atoms with E-state index < -0.39 is 11.6 Å². The maximum Gasteiger partial charge on any atom is 0.159 e. The van der Waals surface area contributed by atoms with Gasteiger partial charge in [0.2, 0.25) is 0 Å². The van der Waals surface area contributed by atoms with Gasteiger partial charge < -0.3 is 5.73 Å². The zero-order chi connectivity index (χ0) is 10.7. The molecule has 4 heteroatoms. The third-order valence-electron chi connectivity index (χ3n) is 2.17. The molecule has 1 atom stereocenters. The summed E-state index contributed by atoms with van der Waals surface area (Å²) in [7, 11) is 0. The average molecular weight is 264 g/mol. The molecule has 0 spiro atoms. The molecular weight excluding hydrogens is 252 g/mol. The summed E-state index contributed by atoms with van der Waals surface area (Å²) in [5, 5.41) is 0. The number of hydrogen-bond donors (Lipinski definition) is 1. The Morgan fingerprint density at radius 3 is 2.50 bits per heavy atom. The van der Waals surface area contributed by atoms with Gasteiger partial charge in [-0.1, -0.05) is 22.9 Å². The number of rotatable bonds is 3. The highest BCUT2D eigenvalue weighted by atomic mass is 79.9. The molecule has 0 aliphatic heterocycles. The fourth-order valence-electron chi connectivity index (χ4n) is 1.32. The molecule has 0 radical (unpaired) electrons. The maximum atomic E-state index is 12.9. The lowest BCUT2D eigenvalue weighted by molar-refractivity contribution is 0.504. The van der Waals surface area contributed by atoms with Crippen molar-refractivity contribution in [3.8, 4) is 0 Å². The molecule has 1 aromatic rings. The van der Waals surface area contributed by atoms with E-state index in [0.29, 0.717) is 11.0 Å². The van der Waals surface area contributed by atoms with Crippen molar-refractivity contribution in [3.05, 3.63) is 33.8 Å². The van der Waals surface area contributed by atoms with Gasteiger partial charge in [-0.25, -0.2) is 8.78 Å². The van der Waals surface area contributed by atoms with Gasteiger partial charge in [-0.3, -0.25) is 0 Å². The molecule has 0 aromatic heterocycles. The minimum atomic E-state index is -0.833. The highest BCUT2D eigenvalue weighted by molar-refractivity contribution is 9.10. The van der Waals surface area contributed by atoms with E-state index in [-0.39, 0.29) is 5.92 Å². The second-order valence-corrected chi connectivity index (χ2v) is 4.12. The first-order valence-electron chi connectivity index (χ1n) is 4.40. The topological polar surface area (TPSA) is 26.0 Å². The van der Waals surface area contributed by atoms with Crippen molar-refractivity contribution in [1.29, 1.82) is 0 Å². The third kappa shape index (κ3) is 2.51. The van der Waals surface area contributed by atoms with Crippen LogP contribution in [0.25, 0.3) is 0 Å². The minimum Gasteiger partial charge on any atom is -0.330 e. The zero-order valence-electron chi connectivity index (χ0n) is 7.86. The molecule has 1 unspecified atom stereocenters. The van der Waals surface area contributed by atoms with E-state index >= 15 is 0 Å². The minimum absolute atomic E-state index is 0.129. The zero-order valence-corrected chi connectivity index (χ0v) is 9.44. The molecule has 0 bridgehead atoms. The predicted octanol–water partition coefficient (Wildman–Crippen LogP) is 3.18. The molecule has 0 aliphatic rings. The van der Waals surface area contributed by atoms with Crippen molar-refractivity contribution in [2.45, 2.75) is 19.3 Å². The largest absolute Gasteiger partial charge is 0.330 e. The lowest BCUT2D eigenvalue weighted by Crippen LogP contribution is -2.05. The summed E-state index contributed by atoms with van der Waals surface area (Å²) in [4.78, 5) is 0. The van der Waals surface area contributed by atoms with Crippen molar-refractivity contribution in [1.82, 2.24) is 0 Å². The van der Waals surface area contributed by atoms with Gasteiger partial charge in [0.15, 0.2) is 11.6 Å². The van der Waals surface area contributed by atoms with Gasteiger partial charge in [-0.05, 0) is 36.6 Å². The molecule has 1 aromatic carbocycles. The van der Waals surface area contributed by atoms with Crippen LogP contribution in [0.1, 0.15) is 24.8 Å². The van der Waals surface area contributed by atoms with Crippen LogP contribution in [0.5, 0.6) is 0 Å². The first-order valence-corrected chi connectivity index (χ1v) is 5.20. The highest BCUT2D eigenvalue weighted by Gasteiger charge is 2.12. The molecule has 0 saturated carbocycles. The molecule has 0 aliphatic carbocycles. The fourth-order valence-corrected chi connectivity index (χ4v) is 2.03. The summed E-state index contributed by atoms with van der Waals surface area (Å²) in [6.07, 6.45) is 0.754. The first kappa shape index (κ1) is 11.6. The van der Waals surface area contributed by atoms with E-state index in [1.165, 1.54) is 6.07 Å². The molecule has 14 heavy (non-hydrogen) atoms. The van der Waals surface area contributed by atoms with Gasteiger partial charge in [-0.2, -0.15) is 0 Å². The Morgan fingerprint density at radius 1 is 1.36 bits per heavy atom. The van der Waals surface area contributed by atoms with Crippen molar-refractivity contribution < 1.29 is 8.78 Å². The quantitative estimate of drug-likeness (QED) is 0.833. The SMILES string of the molecule is CC(CCN)c1cc(F)c(F)cc1Br. The Bertz CT molecular complexity index is 328. The van der Waals surface area contributed by atoms with Crippen LogP contribution in [0, 0.1) is 11.6 Å². The standard InChI is InChI=1S/C10H12BrF2N/c1-6(2-3-14)7-4-9(12)10(13)5-8(7)11/h4-6H,2-3,14H2,1H3. The van der Waals surface area contributed by atoms with Gasteiger partial charge in [0.1, 0.15) is 0 Å². The van der Waals surface area contributed by atoms with Gasteiger partial charge in [-0.15, -0.1) is 0 Å². The molecule has 0 saturated heterocycles. The summed E-state index contributed by atoms with van der Waals surface area (Å²) in [6, 6.07) is 2.37. The maximum absolute atomic E-state index is 12.9. The van der Waals surface area contributed by atoms with Gasteiger partial charge in [0, 0.05) is 4.47 Å². The average Bonchev–Trinajstić information content (AvgIpc) is 2.11. The Balaban J connectivity index is 3.02. The number of nitrogens with two attached hydrogens (primary N) is 1. The summed E-state index contributed by atoms with van der Waals surface area (Å²) < 4.78 is 26.3. The number of benzene rings is 1. The van der Waals surface area contributed by atoms with Crippen LogP contribution in [0.15, 0.2) is 16.6 Å². The molecule has 0 fully saturated rings.